The summed E-state index contributed by atoms with van der Waals surface area (Å²) >= 11 is 0. The zero-order valence-electron chi connectivity index (χ0n) is 11.7. The van der Waals surface area contributed by atoms with Crippen molar-refractivity contribution < 1.29 is 18.3 Å². The normalized spacial score (nSPS) is 10.3. The largest absolute Gasteiger partial charge is 0.489 e. The van der Waals surface area contributed by atoms with E-state index in [2.05, 4.69) is 15.3 Å². The number of hydrogen-bond donors (Lipinski definition) is 1. The van der Waals surface area contributed by atoms with Gasteiger partial charge in [0.2, 0.25) is 11.6 Å². The van der Waals surface area contributed by atoms with E-state index in [9.17, 15) is 8.78 Å². The molecular formula is C14H15F2N3O2. The number of aromatic nitrogens is 2. The molecule has 0 aliphatic carbocycles. The number of nitrogens with zero attached hydrogens (tertiary/aromatic N) is 2. The van der Waals surface area contributed by atoms with Gasteiger partial charge in [0.25, 0.3) is 5.88 Å². The average molecular weight is 295 g/mol. The Morgan fingerprint density at radius 3 is 2.76 bits per heavy atom. The number of methoxy groups -OCH3 is 1. The van der Waals surface area contributed by atoms with Crippen molar-refractivity contribution in [3.8, 4) is 17.4 Å². The van der Waals surface area contributed by atoms with Crippen molar-refractivity contribution in [2.75, 3.05) is 19.0 Å². The molecule has 1 heterocycles. The highest BCUT2D eigenvalue weighted by Gasteiger charge is 2.17. The Morgan fingerprint density at radius 1 is 1.24 bits per heavy atom. The summed E-state index contributed by atoms with van der Waals surface area (Å²) in [4.78, 5) is 7.93. The summed E-state index contributed by atoms with van der Waals surface area (Å²) < 4.78 is 37.3. The van der Waals surface area contributed by atoms with E-state index in [1.165, 1.54) is 25.6 Å². The Kier molecular flexibility index (Phi) is 4.86. The molecule has 0 aliphatic heterocycles. The van der Waals surface area contributed by atoms with E-state index in [1.54, 1.807) is 0 Å². The van der Waals surface area contributed by atoms with Crippen LogP contribution in [0.3, 0.4) is 0 Å². The lowest BCUT2D eigenvalue weighted by Gasteiger charge is -2.13. The second kappa shape index (κ2) is 6.83. The molecule has 1 aromatic carbocycles. The van der Waals surface area contributed by atoms with Crippen LogP contribution in [-0.2, 0) is 0 Å². The van der Waals surface area contributed by atoms with Crippen molar-refractivity contribution in [3.05, 3.63) is 36.2 Å². The third kappa shape index (κ3) is 3.36. The summed E-state index contributed by atoms with van der Waals surface area (Å²) in [7, 11) is 1.42. The van der Waals surface area contributed by atoms with Gasteiger partial charge in [-0.05, 0) is 18.6 Å². The minimum absolute atomic E-state index is 0.00982. The van der Waals surface area contributed by atoms with E-state index in [0.717, 1.165) is 12.5 Å². The van der Waals surface area contributed by atoms with Gasteiger partial charge < -0.3 is 14.8 Å². The van der Waals surface area contributed by atoms with Crippen LogP contribution in [0.25, 0.3) is 0 Å². The van der Waals surface area contributed by atoms with Crippen LogP contribution in [0.5, 0.6) is 17.4 Å². The van der Waals surface area contributed by atoms with Crippen molar-refractivity contribution in [1.82, 2.24) is 9.97 Å². The highest BCUT2D eigenvalue weighted by Crippen LogP contribution is 2.35. The number of benzene rings is 1. The van der Waals surface area contributed by atoms with E-state index in [-0.39, 0.29) is 17.4 Å². The van der Waals surface area contributed by atoms with Crippen LogP contribution < -0.4 is 14.8 Å². The maximum absolute atomic E-state index is 13.6. The molecule has 0 spiro atoms. The summed E-state index contributed by atoms with van der Waals surface area (Å²) in [6.45, 7) is 2.68. The molecule has 0 saturated heterocycles. The maximum atomic E-state index is 13.6. The maximum Gasteiger partial charge on any atom is 0.268 e. The number of anilines is 1. The van der Waals surface area contributed by atoms with Gasteiger partial charge in [0, 0.05) is 6.54 Å². The molecule has 0 unspecified atom stereocenters. The van der Waals surface area contributed by atoms with Crippen LogP contribution >= 0.6 is 0 Å². The number of nitrogens with one attached hydrogen (secondary N) is 1. The van der Waals surface area contributed by atoms with Crippen molar-refractivity contribution in [2.24, 2.45) is 0 Å². The van der Waals surface area contributed by atoms with Crippen molar-refractivity contribution >= 4 is 5.82 Å². The second-order valence-corrected chi connectivity index (χ2v) is 4.14. The van der Waals surface area contributed by atoms with Gasteiger partial charge in [-0.25, -0.2) is 9.37 Å². The molecule has 0 saturated carbocycles. The minimum Gasteiger partial charge on any atom is -0.489 e. The fourth-order valence-corrected chi connectivity index (χ4v) is 1.65. The summed E-state index contributed by atoms with van der Waals surface area (Å²) in [5.74, 6) is -1.68. The van der Waals surface area contributed by atoms with E-state index in [1.807, 2.05) is 6.92 Å². The van der Waals surface area contributed by atoms with E-state index in [4.69, 9.17) is 9.47 Å². The van der Waals surface area contributed by atoms with E-state index < -0.39 is 11.6 Å². The molecule has 1 aromatic heterocycles. The summed E-state index contributed by atoms with van der Waals surface area (Å²) in [5.41, 5.74) is 0. The molecule has 7 heteroatoms. The van der Waals surface area contributed by atoms with E-state index in [0.29, 0.717) is 12.4 Å². The first-order chi connectivity index (χ1) is 10.2. The van der Waals surface area contributed by atoms with Gasteiger partial charge in [0.05, 0.1) is 7.11 Å². The Morgan fingerprint density at radius 2 is 2.05 bits per heavy atom. The summed E-state index contributed by atoms with van der Waals surface area (Å²) in [5, 5.41) is 3.04. The Hall–Kier alpha value is -2.44. The molecular weight excluding hydrogens is 280 g/mol. The topological polar surface area (TPSA) is 56.3 Å². The lowest BCUT2D eigenvalue weighted by molar-refractivity contribution is 0.355. The zero-order valence-corrected chi connectivity index (χ0v) is 11.7. The van der Waals surface area contributed by atoms with Gasteiger partial charge in [0.15, 0.2) is 17.4 Å². The molecule has 0 radical (unpaired) electrons. The third-order valence-corrected chi connectivity index (χ3v) is 2.64. The quantitative estimate of drug-likeness (QED) is 0.885. The van der Waals surface area contributed by atoms with Crippen LogP contribution in [0.15, 0.2) is 24.5 Å². The molecule has 0 atom stereocenters. The van der Waals surface area contributed by atoms with E-state index >= 15 is 0 Å². The van der Waals surface area contributed by atoms with Crippen molar-refractivity contribution in [2.45, 2.75) is 13.3 Å². The molecule has 0 fully saturated rings. The molecule has 0 aliphatic rings. The van der Waals surface area contributed by atoms with Crippen molar-refractivity contribution in [1.29, 1.82) is 0 Å². The lowest BCUT2D eigenvalue weighted by atomic mass is 10.3. The van der Waals surface area contributed by atoms with Crippen LogP contribution in [-0.4, -0.2) is 23.6 Å². The first-order valence-corrected chi connectivity index (χ1v) is 6.42. The third-order valence-electron chi connectivity index (χ3n) is 2.64. The lowest BCUT2D eigenvalue weighted by Crippen LogP contribution is -2.06. The molecule has 0 bridgehead atoms. The van der Waals surface area contributed by atoms with Gasteiger partial charge in [-0.3, -0.25) is 0 Å². The SMILES string of the molecule is CCCNc1ncnc(Oc2cccc(F)c2F)c1OC. The number of rotatable bonds is 6. The fourth-order valence-electron chi connectivity index (χ4n) is 1.65. The summed E-state index contributed by atoms with van der Waals surface area (Å²) in [6, 6.07) is 3.66. The highest BCUT2D eigenvalue weighted by molar-refractivity contribution is 5.55. The smallest absolute Gasteiger partial charge is 0.268 e. The zero-order chi connectivity index (χ0) is 15.2. The average Bonchev–Trinajstić information content (AvgIpc) is 2.50. The number of ether oxygens (including phenoxy) is 2. The van der Waals surface area contributed by atoms with Gasteiger partial charge in [-0.2, -0.15) is 9.37 Å². The molecule has 2 rings (SSSR count). The van der Waals surface area contributed by atoms with Crippen molar-refractivity contribution in [3.63, 3.8) is 0 Å². The van der Waals surface area contributed by atoms with Gasteiger partial charge in [-0.1, -0.05) is 13.0 Å². The number of halogens is 2. The van der Waals surface area contributed by atoms with Crippen LogP contribution in [0.2, 0.25) is 0 Å². The molecule has 1 N–H and O–H groups in total. The van der Waals surface area contributed by atoms with Crippen LogP contribution in [0.4, 0.5) is 14.6 Å². The van der Waals surface area contributed by atoms with Gasteiger partial charge in [-0.15, -0.1) is 0 Å². The van der Waals surface area contributed by atoms with Crippen LogP contribution in [0.1, 0.15) is 13.3 Å². The Bertz CT molecular complexity index is 623. The van der Waals surface area contributed by atoms with Gasteiger partial charge in [0.1, 0.15) is 6.33 Å². The highest BCUT2D eigenvalue weighted by atomic mass is 19.2. The van der Waals surface area contributed by atoms with Gasteiger partial charge >= 0.3 is 0 Å². The molecule has 0 amide bonds. The monoisotopic (exact) mass is 295 g/mol. The predicted octanol–water partition coefficient (Wildman–Crippen LogP) is 3.38. The first kappa shape index (κ1) is 15.0. The molecule has 5 nitrogen and oxygen atoms in total. The Labute approximate surface area is 120 Å². The Balaban J connectivity index is 2.33. The molecule has 2 aromatic rings. The second-order valence-electron chi connectivity index (χ2n) is 4.14. The minimum atomic E-state index is -1.08. The number of hydrogen-bond acceptors (Lipinski definition) is 5. The molecule has 112 valence electrons. The summed E-state index contributed by atoms with van der Waals surface area (Å²) in [6.07, 6.45) is 2.15. The predicted molar refractivity (Wildman–Crippen MR) is 73.8 cm³/mol. The fraction of sp³-hybridized carbons (Fsp3) is 0.286. The standard InChI is InChI=1S/C14H15F2N3O2/c1-3-7-17-13-12(20-2)14(19-8-18-13)21-10-6-4-5-9(15)11(10)16/h4-6,8H,3,7H2,1-2H3,(H,17,18,19). The molecule has 21 heavy (non-hydrogen) atoms. The first-order valence-electron chi connectivity index (χ1n) is 6.42. The van der Waals surface area contributed by atoms with Crippen LogP contribution in [0, 0.1) is 11.6 Å².